The van der Waals surface area contributed by atoms with Crippen molar-refractivity contribution in [1.82, 2.24) is 9.21 Å². The lowest BCUT2D eigenvalue weighted by atomic mass is 10.3. The van der Waals surface area contributed by atoms with Crippen molar-refractivity contribution in [2.45, 2.75) is 31.1 Å². The predicted molar refractivity (Wildman–Crippen MR) is 92.3 cm³/mol. The van der Waals surface area contributed by atoms with E-state index in [2.05, 4.69) is 11.8 Å². The van der Waals surface area contributed by atoms with Gasteiger partial charge in [0, 0.05) is 27.2 Å². The lowest BCUT2D eigenvalue weighted by Gasteiger charge is -2.21. The van der Waals surface area contributed by atoms with Crippen LogP contribution in [0.25, 0.3) is 0 Å². The Morgan fingerprint density at radius 2 is 1.78 bits per heavy atom. The Kier molecular flexibility index (Phi) is 6.44. The molecule has 0 unspecified atom stereocenters. The number of hydrogen-bond donors (Lipinski definition) is 0. The molecule has 0 radical (unpaired) electrons. The van der Waals surface area contributed by atoms with Crippen molar-refractivity contribution >= 4 is 10.0 Å². The Labute approximate surface area is 140 Å². The molecule has 1 aliphatic carbocycles. The quantitative estimate of drug-likeness (QED) is 0.656. The molecule has 6 heteroatoms. The van der Waals surface area contributed by atoms with Crippen LogP contribution in [0.1, 0.15) is 26.2 Å². The Bertz CT molecular complexity index is 580. The van der Waals surface area contributed by atoms with Gasteiger partial charge in [-0.05, 0) is 56.0 Å². The second kappa shape index (κ2) is 8.13. The highest BCUT2D eigenvalue weighted by molar-refractivity contribution is 7.89. The van der Waals surface area contributed by atoms with E-state index >= 15 is 0 Å². The first-order valence-corrected chi connectivity index (χ1v) is 9.75. The molecule has 1 aliphatic rings. The van der Waals surface area contributed by atoms with E-state index in [0.29, 0.717) is 12.4 Å². The van der Waals surface area contributed by atoms with Gasteiger partial charge in [-0.2, -0.15) is 0 Å². The molecule has 0 atom stereocenters. The van der Waals surface area contributed by atoms with Gasteiger partial charge in [-0.25, -0.2) is 12.7 Å². The molecule has 5 nitrogen and oxygen atoms in total. The minimum Gasteiger partial charge on any atom is -0.492 e. The van der Waals surface area contributed by atoms with E-state index in [1.165, 1.54) is 37.8 Å². The summed E-state index contributed by atoms with van der Waals surface area (Å²) in [5, 5.41) is 0. The average Bonchev–Trinajstić information content (AvgIpc) is 3.32. The topological polar surface area (TPSA) is 49.9 Å². The number of sulfonamides is 1. The summed E-state index contributed by atoms with van der Waals surface area (Å²) in [7, 11) is -0.313. The van der Waals surface area contributed by atoms with Gasteiger partial charge in [0.15, 0.2) is 0 Å². The lowest BCUT2D eigenvalue weighted by Crippen LogP contribution is -2.31. The van der Waals surface area contributed by atoms with Crippen molar-refractivity contribution < 1.29 is 13.2 Å². The molecule has 1 aromatic rings. The normalized spacial score (nSPS) is 15.3. The van der Waals surface area contributed by atoms with Gasteiger partial charge in [-0.15, -0.1) is 0 Å². The molecule has 2 rings (SSSR count). The molecular formula is C17H28N2O3S. The van der Waals surface area contributed by atoms with Crippen molar-refractivity contribution in [3.63, 3.8) is 0 Å². The number of ether oxygens (including phenoxy) is 1. The fourth-order valence-electron chi connectivity index (χ4n) is 2.49. The third-order valence-corrected chi connectivity index (χ3v) is 5.86. The summed E-state index contributed by atoms with van der Waals surface area (Å²) in [4.78, 5) is 2.75. The molecule has 0 bridgehead atoms. The maximum Gasteiger partial charge on any atom is 0.242 e. The van der Waals surface area contributed by atoms with Gasteiger partial charge in [-0.3, -0.25) is 4.90 Å². The molecule has 0 amide bonds. The van der Waals surface area contributed by atoms with Crippen molar-refractivity contribution in [3.8, 4) is 5.75 Å². The molecule has 0 spiro atoms. The summed E-state index contributed by atoms with van der Waals surface area (Å²) in [6, 6.07) is 6.64. The second-order valence-electron chi connectivity index (χ2n) is 6.35. The molecule has 0 aliphatic heterocycles. The Hall–Kier alpha value is -1.11. The molecule has 1 aromatic carbocycles. The first-order chi connectivity index (χ1) is 10.9. The zero-order chi connectivity index (χ0) is 16.9. The Morgan fingerprint density at radius 3 is 2.30 bits per heavy atom. The largest absolute Gasteiger partial charge is 0.492 e. The number of hydrogen-bond acceptors (Lipinski definition) is 4. The van der Waals surface area contributed by atoms with Gasteiger partial charge < -0.3 is 4.74 Å². The molecule has 1 saturated carbocycles. The monoisotopic (exact) mass is 340 g/mol. The Morgan fingerprint density at radius 1 is 1.13 bits per heavy atom. The molecule has 130 valence electrons. The van der Waals surface area contributed by atoms with Crippen molar-refractivity contribution in [3.05, 3.63) is 24.3 Å². The van der Waals surface area contributed by atoms with Gasteiger partial charge in [0.1, 0.15) is 12.4 Å². The van der Waals surface area contributed by atoms with E-state index in [4.69, 9.17) is 4.74 Å². The summed E-state index contributed by atoms with van der Waals surface area (Å²) >= 11 is 0. The van der Waals surface area contributed by atoms with Crippen molar-refractivity contribution in [2.24, 2.45) is 5.92 Å². The van der Waals surface area contributed by atoms with E-state index in [1.54, 1.807) is 24.3 Å². The zero-order valence-electron chi connectivity index (χ0n) is 14.4. The third kappa shape index (κ3) is 5.48. The summed E-state index contributed by atoms with van der Waals surface area (Å²) in [6.07, 6.45) is 3.88. The maximum absolute atomic E-state index is 12.0. The van der Waals surface area contributed by atoms with Gasteiger partial charge in [0.25, 0.3) is 0 Å². The summed E-state index contributed by atoms with van der Waals surface area (Å²) in [5.74, 6) is 1.60. The minimum atomic E-state index is -3.37. The second-order valence-corrected chi connectivity index (χ2v) is 8.50. The van der Waals surface area contributed by atoms with Crippen LogP contribution in [0.3, 0.4) is 0 Å². The molecule has 23 heavy (non-hydrogen) atoms. The maximum atomic E-state index is 12.0. The molecule has 0 saturated heterocycles. The summed E-state index contributed by atoms with van der Waals surface area (Å²) < 4.78 is 31.0. The van der Waals surface area contributed by atoms with Crippen molar-refractivity contribution in [1.29, 1.82) is 0 Å². The molecule has 1 fully saturated rings. The first kappa shape index (κ1) is 18.2. The summed E-state index contributed by atoms with van der Waals surface area (Å²) in [5.41, 5.74) is 0. The van der Waals surface area contributed by atoms with E-state index in [1.807, 2.05) is 0 Å². The highest BCUT2D eigenvalue weighted by atomic mass is 32.2. The Balaban J connectivity index is 1.83. The van der Waals surface area contributed by atoms with E-state index in [-0.39, 0.29) is 4.90 Å². The highest BCUT2D eigenvalue weighted by Gasteiger charge is 2.23. The standard InChI is InChI=1S/C17H28N2O3S/c1-4-11-19(14-15-5-6-15)12-13-22-16-7-9-17(10-8-16)23(20,21)18(2)3/h7-10,15H,4-6,11-14H2,1-3H3. The van der Waals surface area contributed by atoms with Crippen LogP contribution in [0.15, 0.2) is 29.2 Å². The van der Waals surface area contributed by atoms with Crippen LogP contribution in [0, 0.1) is 5.92 Å². The van der Waals surface area contributed by atoms with Crippen LogP contribution in [0.4, 0.5) is 0 Å². The smallest absolute Gasteiger partial charge is 0.242 e. The average molecular weight is 340 g/mol. The number of nitrogens with zero attached hydrogens (tertiary/aromatic N) is 2. The number of rotatable bonds is 10. The predicted octanol–water partition coefficient (Wildman–Crippen LogP) is 2.44. The summed E-state index contributed by atoms with van der Waals surface area (Å²) in [6.45, 7) is 6.04. The van der Waals surface area contributed by atoms with Crippen LogP contribution in [0.5, 0.6) is 5.75 Å². The van der Waals surface area contributed by atoms with Gasteiger partial charge in [0.2, 0.25) is 10.0 Å². The first-order valence-electron chi connectivity index (χ1n) is 8.31. The number of benzene rings is 1. The minimum absolute atomic E-state index is 0.288. The van der Waals surface area contributed by atoms with E-state index < -0.39 is 10.0 Å². The van der Waals surface area contributed by atoms with Crippen LogP contribution in [-0.2, 0) is 10.0 Å². The van der Waals surface area contributed by atoms with Gasteiger partial charge in [-0.1, -0.05) is 6.92 Å². The van der Waals surface area contributed by atoms with Crippen LogP contribution in [0.2, 0.25) is 0 Å². The zero-order valence-corrected chi connectivity index (χ0v) is 15.2. The van der Waals surface area contributed by atoms with Crippen LogP contribution < -0.4 is 4.74 Å². The molecule has 0 heterocycles. The molecule has 0 N–H and O–H groups in total. The fraction of sp³-hybridized carbons (Fsp3) is 0.647. The molecular weight excluding hydrogens is 312 g/mol. The van der Waals surface area contributed by atoms with Crippen LogP contribution in [-0.4, -0.2) is 58.0 Å². The fourth-order valence-corrected chi connectivity index (χ4v) is 3.39. The SMILES string of the molecule is CCCN(CCOc1ccc(S(=O)(=O)N(C)C)cc1)CC1CC1. The molecule has 0 aromatic heterocycles. The van der Waals surface area contributed by atoms with Gasteiger partial charge in [0.05, 0.1) is 4.90 Å². The van der Waals surface area contributed by atoms with Crippen LogP contribution >= 0.6 is 0 Å². The van der Waals surface area contributed by atoms with Gasteiger partial charge >= 0.3 is 0 Å². The highest BCUT2D eigenvalue weighted by Crippen LogP contribution is 2.29. The van der Waals surface area contributed by atoms with Crippen molar-refractivity contribution in [2.75, 3.05) is 40.3 Å². The van der Waals surface area contributed by atoms with E-state index in [0.717, 1.165) is 25.4 Å². The van der Waals surface area contributed by atoms with E-state index in [9.17, 15) is 8.42 Å². The lowest BCUT2D eigenvalue weighted by molar-refractivity contribution is 0.203. The third-order valence-electron chi connectivity index (χ3n) is 4.03.